The van der Waals surface area contributed by atoms with Gasteiger partial charge in [0.2, 0.25) is 5.91 Å². The van der Waals surface area contributed by atoms with E-state index >= 15 is 0 Å². The molecule has 1 rings (SSSR count). The van der Waals surface area contributed by atoms with Gasteiger partial charge < -0.3 is 10.6 Å². The summed E-state index contributed by atoms with van der Waals surface area (Å²) in [7, 11) is 0. The Labute approximate surface area is 80.3 Å². The van der Waals surface area contributed by atoms with Crippen molar-refractivity contribution in [3.05, 3.63) is 0 Å². The SMILES string of the molecule is CCCCC(=O)N1CCC[C@H]1CN. The summed E-state index contributed by atoms with van der Waals surface area (Å²) in [4.78, 5) is 13.6. The van der Waals surface area contributed by atoms with Crippen LogP contribution >= 0.6 is 0 Å². The molecule has 0 aromatic rings. The van der Waals surface area contributed by atoms with Gasteiger partial charge in [-0.25, -0.2) is 0 Å². The van der Waals surface area contributed by atoms with E-state index in [9.17, 15) is 4.79 Å². The maximum absolute atomic E-state index is 11.6. The van der Waals surface area contributed by atoms with Crippen molar-refractivity contribution in [2.75, 3.05) is 13.1 Å². The van der Waals surface area contributed by atoms with Crippen molar-refractivity contribution in [3.63, 3.8) is 0 Å². The third kappa shape index (κ3) is 2.69. The van der Waals surface area contributed by atoms with E-state index in [0.29, 0.717) is 24.9 Å². The van der Waals surface area contributed by atoms with E-state index in [1.54, 1.807) is 0 Å². The Morgan fingerprint density at radius 3 is 3.00 bits per heavy atom. The fraction of sp³-hybridized carbons (Fsp3) is 0.900. The number of carbonyl (C=O) groups excluding carboxylic acids is 1. The molecule has 1 aliphatic heterocycles. The predicted molar refractivity (Wildman–Crippen MR) is 53.3 cm³/mol. The predicted octanol–water partition coefficient (Wildman–Crippen LogP) is 1.13. The molecule has 1 atom stereocenters. The minimum Gasteiger partial charge on any atom is -0.338 e. The number of amides is 1. The number of likely N-dealkylation sites (tertiary alicyclic amines) is 1. The molecule has 0 aromatic carbocycles. The van der Waals surface area contributed by atoms with Crippen LogP contribution in [0.2, 0.25) is 0 Å². The Hall–Kier alpha value is -0.570. The van der Waals surface area contributed by atoms with Crippen molar-refractivity contribution in [2.45, 2.75) is 45.1 Å². The first kappa shape index (κ1) is 10.5. The summed E-state index contributed by atoms with van der Waals surface area (Å²) >= 11 is 0. The van der Waals surface area contributed by atoms with Crippen molar-refractivity contribution in [2.24, 2.45) is 5.73 Å². The molecule has 1 heterocycles. The molecule has 3 nitrogen and oxygen atoms in total. The van der Waals surface area contributed by atoms with Gasteiger partial charge in [0.05, 0.1) is 0 Å². The lowest BCUT2D eigenvalue weighted by Gasteiger charge is -2.23. The molecular formula is C10H20N2O. The Bertz CT molecular complexity index is 170. The fourth-order valence-electron chi connectivity index (χ4n) is 1.88. The summed E-state index contributed by atoms with van der Waals surface area (Å²) in [6.45, 7) is 3.65. The van der Waals surface area contributed by atoms with Crippen molar-refractivity contribution in [3.8, 4) is 0 Å². The molecule has 3 heteroatoms. The third-order valence-corrected chi connectivity index (χ3v) is 2.71. The van der Waals surface area contributed by atoms with Crippen LogP contribution in [0.5, 0.6) is 0 Å². The van der Waals surface area contributed by atoms with E-state index in [-0.39, 0.29) is 0 Å². The van der Waals surface area contributed by atoms with Crippen LogP contribution in [-0.4, -0.2) is 29.9 Å². The molecular weight excluding hydrogens is 164 g/mol. The average molecular weight is 184 g/mol. The van der Waals surface area contributed by atoms with Crippen LogP contribution in [-0.2, 0) is 4.79 Å². The number of unbranched alkanes of at least 4 members (excludes halogenated alkanes) is 1. The maximum atomic E-state index is 11.6. The van der Waals surface area contributed by atoms with Gasteiger partial charge in [-0.1, -0.05) is 13.3 Å². The van der Waals surface area contributed by atoms with Gasteiger partial charge >= 0.3 is 0 Å². The van der Waals surface area contributed by atoms with E-state index in [1.165, 1.54) is 0 Å². The minimum atomic E-state index is 0.301. The minimum absolute atomic E-state index is 0.301. The van der Waals surface area contributed by atoms with Crippen LogP contribution in [0.1, 0.15) is 39.0 Å². The molecule has 0 saturated carbocycles. The number of carbonyl (C=O) groups is 1. The third-order valence-electron chi connectivity index (χ3n) is 2.71. The molecule has 1 saturated heterocycles. The smallest absolute Gasteiger partial charge is 0.222 e. The second-order valence-corrected chi connectivity index (χ2v) is 3.72. The highest BCUT2D eigenvalue weighted by Crippen LogP contribution is 2.17. The normalized spacial score (nSPS) is 22.3. The van der Waals surface area contributed by atoms with Crippen molar-refractivity contribution < 1.29 is 4.79 Å². The van der Waals surface area contributed by atoms with Gasteiger partial charge in [0.15, 0.2) is 0 Å². The highest BCUT2D eigenvalue weighted by molar-refractivity contribution is 5.76. The molecule has 2 N–H and O–H groups in total. The molecule has 0 aliphatic carbocycles. The van der Waals surface area contributed by atoms with Crippen LogP contribution in [0, 0.1) is 0 Å². The van der Waals surface area contributed by atoms with Gasteiger partial charge in [-0.15, -0.1) is 0 Å². The summed E-state index contributed by atoms with van der Waals surface area (Å²) < 4.78 is 0. The molecule has 0 radical (unpaired) electrons. The molecule has 1 amide bonds. The number of nitrogens with zero attached hydrogens (tertiary/aromatic N) is 1. The number of hydrogen-bond acceptors (Lipinski definition) is 2. The summed E-state index contributed by atoms with van der Waals surface area (Å²) in [6.07, 6.45) is 5.01. The zero-order chi connectivity index (χ0) is 9.68. The first-order valence-corrected chi connectivity index (χ1v) is 5.29. The fourth-order valence-corrected chi connectivity index (χ4v) is 1.88. The summed E-state index contributed by atoms with van der Waals surface area (Å²) in [5, 5.41) is 0. The molecule has 76 valence electrons. The largest absolute Gasteiger partial charge is 0.338 e. The Kier molecular flexibility index (Phi) is 4.22. The lowest BCUT2D eigenvalue weighted by atomic mass is 10.2. The molecule has 1 aliphatic rings. The number of rotatable bonds is 4. The second-order valence-electron chi connectivity index (χ2n) is 3.72. The van der Waals surface area contributed by atoms with Gasteiger partial charge in [0, 0.05) is 25.6 Å². The Morgan fingerprint density at radius 2 is 2.38 bits per heavy atom. The van der Waals surface area contributed by atoms with Crippen molar-refractivity contribution >= 4 is 5.91 Å². The van der Waals surface area contributed by atoms with E-state index in [1.807, 2.05) is 4.90 Å². The first-order valence-electron chi connectivity index (χ1n) is 5.29. The zero-order valence-corrected chi connectivity index (χ0v) is 8.46. The Balaban J connectivity index is 2.36. The van der Waals surface area contributed by atoms with E-state index in [4.69, 9.17) is 5.73 Å². The molecule has 0 unspecified atom stereocenters. The van der Waals surface area contributed by atoms with E-state index < -0.39 is 0 Å². The number of nitrogens with two attached hydrogens (primary N) is 1. The lowest BCUT2D eigenvalue weighted by Crippen LogP contribution is -2.39. The zero-order valence-electron chi connectivity index (χ0n) is 8.46. The van der Waals surface area contributed by atoms with Gasteiger partial charge in [-0.05, 0) is 19.3 Å². The molecule has 13 heavy (non-hydrogen) atoms. The van der Waals surface area contributed by atoms with Crippen LogP contribution < -0.4 is 5.73 Å². The van der Waals surface area contributed by atoms with Gasteiger partial charge in [-0.3, -0.25) is 4.79 Å². The maximum Gasteiger partial charge on any atom is 0.222 e. The van der Waals surface area contributed by atoms with E-state index in [2.05, 4.69) is 6.92 Å². The van der Waals surface area contributed by atoms with Gasteiger partial charge in [0.25, 0.3) is 0 Å². The van der Waals surface area contributed by atoms with Crippen LogP contribution in [0.15, 0.2) is 0 Å². The molecule has 1 fully saturated rings. The number of hydrogen-bond donors (Lipinski definition) is 1. The van der Waals surface area contributed by atoms with Crippen LogP contribution in [0.25, 0.3) is 0 Å². The second kappa shape index (κ2) is 5.22. The highest BCUT2D eigenvalue weighted by atomic mass is 16.2. The van der Waals surface area contributed by atoms with Gasteiger partial charge in [0.1, 0.15) is 0 Å². The molecule has 0 aromatic heterocycles. The summed E-state index contributed by atoms with van der Waals surface area (Å²) in [5.74, 6) is 0.301. The Morgan fingerprint density at radius 1 is 1.62 bits per heavy atom. The first-order chi connectivity index (χ1) is 6.29. The van der Waals surface area contributed by atoms with Gasteiger partial charge in [-0.2, -0.15) is 0 Å². The van der Waals surface area contributed by atoms with Crippen molar-refractivity contribution in [1.29, 1.82) is 0 Å². The van der Waals surface area contributed by atoms with Crippen molar-refractivity contribution in [1.82, 2.24) is 4.90 Å². The quantitative estimate of drug-likeness (QED) is 0.712. The lowest BCUT2D eigenvalue weighted by molar-refractivity contribution is -0.131. The average Bonchev–Trinajstić information content (AvgIpc) is 2.61. The van der Waals surface area contributed by atoms with Crippen LogP contribution in [0.3, 0.4) is 0 Å². The van der Waals surface area contributed by atoms with E-state index in [0.717, 1.165) is 32.2 Å². The molecule has 0 spiro atoms. The highest BCUT2D eigenvalue weighted by Gasteiger charge is 2.26. The molecule has 0 bridgehead atoms. The summed E-state index contributed by atoms with van der Waals surface area (Å²) in [6, 6.07) is 0.323. The monoisotopic (exact) mass is 184 g/mol. The topological polar surface area (TPSA) is 46.3 Å². The standard InChI is InChI=1S/C10H20N2O/c1-2-3-6-10(13)12-7-4-5-9(12)8-11/h9H,2-8,11H2,1H3/t9-/m0/s1. The summed E-state index contributed by atoms with van der Waals surface area (Å²) in [5.41, 5.74) is 5.60. The van der Waals surface area contributed by atoms with Crippen LogP contribution in [0.4, 0.5) is 0 Å².